The first kappa shape index (κ1) is 20.0. The van der Waals surface area contributed by atoms with Crippen molar-refractivity contribution >= 4 is 17.8 Å². The predicted octanol–water partition coefficient (Wildman–Crippen LogP) is 4.21. The van der Waals surface area contributed by atoms with Crippen LogP contribution < -0.4 is 0 Å². The summed E-state index contributed by atoms with van der Waals surface area (Å²) >= 11 is 0. The molecule has 5 rings (SSSR count). The summed E-state index contributed by atoms with van der Waals surface area (Å²) in [7, 11) is 0. The molecule has 1 heterocycles. The summed E-state index contributed by atoms with van der Waals surface area (Å²) in [5.41, 5.74) is 2.37. The minimum atomic E-state index is -0.417. The molecule has 31 heavy (non-hydrogen) atoms. The molecule has 0 spiro atoms. The lowest BCUT2D eigenvalue weighted by atomic mass is 9.94. The molecule has 0 radical (unpaired) electrons. The number of rotatable bonds is 8. The van der Waals surface area contributed by atoms with Crippen LogP contribution in [0.25, 0.3) is 0 Å². The highest BCUT2D eigenvalue weighted by Gasteiger charge is 2.51. The van der Waals surface area contributed by atoms with Crippen LogP contribution in [0.2, 0.25) is 0 Å². The SMILES string of the molecule is O=C1CC(=O)N(CC2(Cc3ccccc3)CC2)C(=O)N1CC1(Cc2ccccc2)CC1. The number of hydrogen-bond acceptors (Lipinski definition) is 3. The molecule has 0 aromatic heterocycles. The molecular weight excluding hydrogens is 388 g/mol. The number of hydrogen-bond donors (Lipinski definition) is 0. The Bertz CT molecular complexity index is 914. The molecule has 2 aliphatic carbocycles. The average molecular weight is 417 g/mol. The largest absolute Gasteiger partial charge is 0.333 e. The highest BCUT2D eigenvalue weighted by Crippen LogP contribution is 2.51. The van der Waals surface area contributed by atoms with Crippen LogP contribution in [-0.2, 0) is 22.4 Å². The summed E-state index contributed by atoms with van der Waals surface area (Å²) in [6.07, 6.45) is 5.54. The van der Waals surface area contributed by atoms with Crippen molar-refractivity contribution in [3.63, 3.8) is 0 Å². The topological polar surface area (TPSA) is 57.7 Å². The zero-order valence-electron chi connectivity index (χ0n) is 17.8. The monoisotopic (exact) mass is 416 g/mol. The van der Waals surface area contributed by atoms with Gasteiger partial charge in [-0.05, 0) is 60.5 Å². The van der Waals surface area contributed by atoms with Crippen molar-refractivity contribution in [2.24, 2.45) is 10.8 Å². The fraction of sp³-hybridized carbons (Fsp3) is 0.423. The molecule has 3 fully saturated rings. The summed E-state index contributed by atoms with van der Waals surface area (Å²) in [5.74, 6) is -0.697. The van der Waals surface area contributed by atoms with Crippen LogP contribution in [0.5, 0.6) is 0 Å². The van der Waals surface area contributed by atoms with E-state index in [9.17, 15) is 14.4 Å². The number of amides is 4. The van der Waals surface area contributed by atoms with Gasteiger partial charge < -0.3 is 0 Å². The van der Waals surface area contributed by atoms with Gasteiger partial charge in [0, 0.05) is 13.1 Å². The van der Waals surface area contributed by atoms with E-state index >= 15 is 0 Å². The molecular formula is C26H28N2O3. The van der Waals surface area contributed by atoms with Gasteiger partial charge in [-0.2, -0.15) is 0 Å². The Hall–Kier alpha value is -2.95. The van der Waals surface area contributed by atoms with Crippen molar-refractivity contribution in [3.05, 3.63) is 71.8 Å². The van der Waals surface area contributed by atoms with Crippen LogP contribution in [0.15, 0.2) is 60.7 Å². The number of benzene rings is 2. The molecule has 2 aromatic rings. The minimum absolute atomic E-state index is 0.0416. The lowest BCUT2D eigenvalue weighted by Gasteiger charge is -2.36. The van der Waals surface area contributed by atoms with Crippen molar-refractivity contribution in [2.75, 3.05) is 13.1 Å². The molecule has 0 unspecified atom stereocenters. The Kier molecular flexibility index (Phi) is 4.92. The van der Waals surface area contributed by atoms with Crippen LogP contribution in [0.3, 0.4) is 0 Å². The van der Waals surface area contributed by atoms with E-state index in [0.29, 0.717) is 13.1 Å². The fourth-order valence-corrected chi connectivity index (χ4v) is 4.85. The average Bonchev–Trinajstić information content (AvgIpc) is 3.69. The molecule has 1 saturated heterocycles. The van der Waals surface area contributed by atoms with Gasteiger partial charge in [-0.15, -0.1) is 0 Å². The molecule has 0 atom stereocenters. The number of carbonyl (C=O) groups excluding carboxylic acids is 3. The first-order valence-electron chi connectivity index (χ1n) is 11.2. The third-order valence-corrected chi connectivity index (χ3v) is 7.11. The Morgan fingerprint density at radius 1 is 0.613 bits per heavy atom. The van der Waals surface area contributed by atoms with E-state index in [1.165, 1.54) is 20.9 Å². The Morgan fingerprint density at radius 2 is 1.00 bits per heavy atom. The number of barbiturate groups is 1. The second kappa shape index (κ2) is 7.63. The smallest absolute Gasteiger partial charge is 0.274 e. The maximum absolute atomic E-state index is 13.3. The second-order valence-electron chi connectivity index (χ2n) is 9.74. The minimum Gasteiger partial charge on any atom is -0.274 e. The van der Waals surface area contributed by atoms with Gasteiger partial charge >= 0.3 is 6.03 Å². The number of carbonyl (C=O) groups is 3. The van der Waals surface area contributed by atoms with E-state index < -0.39 is 6.03 Å². The first-order chi connectivity index (χ1) is 15.0. The van der Waals surface area contributed by atoms with E-state index in [4.69, 9.17) is 0 Å². The van der Waals surface area contributed by atoms with Crippen molar-refractivity contribution in [3.8, 4) is 0 Å². The third-order valence-electron chi connectivity index (χ3n) is 7.11. The zero-order chi connectivity index (χ0) is 21.5. The maximum Gasteiger partial charge on any atom is 0.333 e. The lowest BCUT2D eigenvalue weighted by Crippen LogP contribution is -2.57. The first-order valence-corrected chi connectivity index (χ1v) is 11.2. The van der Waals surface area contributed by atoms with E-state index in [1.807, 2.05) is 36.4 Å². The molecule has 0 N–H and O–H groups in total. The van der Waals surface area contributed by atoms with Gasteiger partial charge in [-0.25, -0.2) is 4.79 Å². The fourth-order valence-electron chi connectivity index (χ4n) is 4.85. The van der Waals surface area contributed by atoms with Gasteiger partial charge in [0.05, 0.1) is 0 Å². The van der Waals surface area contributed by atoms with Crippen molar-refractivity contribution in [1.29, 1.82) is 0 Å². The molecule has 5 heteroatoms. The second-order valence-corrected chi connectivity index (χ2v) is 9.74. The Morgan fingerprint density at radius 3 is 1.35 bits per heavy atom. The highest BCUT2D eigenvalue weighted by molar-refractivity contribution is 6.14. The van der Waals surface area contributed by atoms with Crippen molar-refractivity contribution in [2.45, 2.75) is 44.9 Å². The van der Waals surface area contributed by atoms with E-state index in [0.717, 1.165) is 38.5 Å². The summed E-state index contributed by atoms with van der Waals surface area (Å²) in [6, 6.07) is 20.0. The van der Waals surface area contributed by atoms with Gasteiger partial charge in [0.1, 0.15) is 6.42 Å². The quantitative estimate of drug-likeness (QED) is 0.606. The zero-order valence-corrected chi connectivity index (χ0v) is 17.8. The molecule has 5 nitrogen and oxygen atoms in total. The van der Waals surface area contributed by atoms with Crippen LogP contribution >= 0.6 is 0 Å². The number of nitrogens with zero attached hydrogens (tertiary/aromatic N) is 2. The van der Waals surface area contributed by atoms with Gasteiger partial charge in [-0.3, -0.25) is 19.4 Å². The van der Waals surface area contributed by atoms with Gasteiger partial charge in [0.25, 0.3) is 0 Å². The highest BCUT2D eigenvalue weighted by atomic mass is 16.2. The summed E-state index contributed by atoms with van der Waals surface area (Å²) in [5, 5.41) is 0. The normalized spacial score (nSPS) is 21.4. The third kappa shape index (κ3) is 4.27. The van der Waals surface area contributed by atoms with E-state index in [2.05, 4.69) is 24.3 Å². The Labute approximate surface area is 183 Å². The summed E-state index contributed by atoms with van der Waals surface area (Å²) < 4.78 is 0. The van der Waals surface area contributed by atoms with E-state index in [1.54, 1.807) is 0 Å². The summed E-state index contributed by atoms with van der Waals surface area (Å²) in [6.45, 7) is 0.823. The molecule has 0 bridgehead atoms. The number of imide groups is 2. The molecule has 160 valence electrons. The van der Waals surface area contributed by atoms with Crippen molar-refractivity contribution < 1.29 is 14.4 Å². The van der Waals surface area contributed by atoms with Crippen LogP contribution in [0.1, 0.15) is 43.2 Å². The predicted molar refractivity (Wildman–Crippen MR) is 117 cm³/mol. The molecule has 1 aliphatic heterocycles. The molecule has 4 amide bonds. The van der Waals surface area contributed by atoms with Gasteiger partial charge in [0.2, 0.25) is 11.8 Å². The number of urea groups is 1. The molecule has 3 aliphatic rings. The molecule has 2 aromatic carbocycles. The van der Waals surface area contributed by atoms with Gasteiger partial charge in [-0.1, -0.05) is 60.7 Å². The lowest BCUT2D eigenvalue weighted by molar-refractivity contribution is -0.143. The van der Waals surface area contributed by atoms with Crippen molar-refractivity contribution in [1.82, 2.24) is 9.80 Å². The van der Waals surface area contributed by atoms with E-state index in [-0.39, 0.29) is 29.1 Å². The standard InChI is InChI=1S/C26H28N2O3/c29-22-15-23(30)28(19-26(13-14-26)17-21-9-5-2-6-10-21)24(31)27(22)18-25(11-12-25)16-20-7-3-1-4-8-20/h1-10H,11-19H2. The summed E-state index contributed by atoms with van der Waals surface area (Å²) in [4.78, 5) is 41.3. The van der Waals surface area contributed by atoms with Crippen LogP contribution in [0, 0.1) is 10.8 Å². The van der Waals surface area contributed by atoms with Crippen LogP contribution in [0.4, 0.5) is 4.79 Å². The van der Waals surface area contributed by atoms with Gasteiger partial charge in [0.15, 0.2) is 0 Å². The molecule has 2 saturated carbocycles. The maximum atomic E-state index is 13.3. The van der Waals surface area contributed by atoms with Crippen LogP contribution in [-0.4, -0.2) is 40.7 Å². The Balaban J connectivity index is 1.28.